The lowest BCUT2D eigenvalue weighted by Gasteiger charge is -2.12. The summed E-state index contributed by atoms with van der Waals surface area (Å²) >= 11 is 1.63. The molecule has 0 spiro atoms. The second-order valence-corrected chi connectivity index (χ2v) is 6.36. The Morgan fingerprint density at radius 2 is 2.27 bits per heavy atom. The maximum atomic E-state index is 11.8. The maximum Gasteiger partial charge on any atom is 0.314 e. The largest absolute Gasteiger partial charge is 0.488 e. The molecule has 22 heavy (non-hydrogen) atoms. The number of hydrogen-bond acceptors (Lipinski definition) is 4. The molecular formula is C16H19N3O2S. The third-order valence-corrected chi connectivity index (χ3v) is 4.36. The molecule has 2 N–H and O–H groups in total. The summed E-state index contributed by atoms with van der Waals surface area (Å²) in [5.74, 6) is 0.925. The number of urea groups is 1. The van der Waals surface area contributed by atoms with Crippen LogP contribution in [-0.2, 0) is 12.8 Å². The lowest BCUT2D eigenvalue weighted by molar-refractivity contribution is 0.214. The average molecular weight is 317 g/mol. The van der Waals surface area contributed by atoms with Crippen LogP contribution in [0, 0.1) is 6.92 Å². The first-order valence-electron chi connectivity index (χ1n) is 7.38. The van der Waals surface area contributed by atoms with Gasteiger partial charge in [0, 0.05) is 24.8 Å². The number of thiazole rings is 1. The van der Waals surface area contributed by atoms with E-state index in [4.69, 9.17) is 4.74 Å². The van der Waals surface area contributed by atoms with Gasteiger partial charge in [0.2, 0.25) is 0 Å². The third-order valence-electron chi connectivity index (χ3n) is 3.54. The van der Waals surface area contributed by atoms with E-state index < -0.39 is 0 Å². The molecule has 1 aliphatic heterocycles. The van der Waals surface area contributed by atoms with Crippen LogP contribution in [0.25, 0.3) is 0 Å². The number of hydrogen-bond donors (Lipinski definition) is 2. The molecule has 0 bridgehead atoms. The highest BCUT2D eigenvalue weighted by atomic mass is 32.1. The number of amides is 2. The highest BCUT2D eigenvalue weighted by Gasteiger charge is 2.22. The molecule has 0 unspecified atom stereocenters. The molecule has 2 amide bonds. The summed E-state index contributed by atoms with van der Waals surface area (Å²) in [5, 5.41) is 8.78. The summed E-state index contributed by atoms with van der Waals surface area (Å²) in [6.07, 6.45) is 1.61. The number of nitrogens with one attached hydrogen (secondary N) is 2. The fraction of sp³-hybridized carbons (Fsp3) is 0.375. The summed E-state index contributed by atoms with van der Waals surface area (Å²) in [4.78, 5) is 16.1. The predicted octanol–water partition coefficient (Wildman–Crippen LogP) is 2.30. The molecule has 2 heterocycles. The highest BCUT2D eigenvalue weighted by molar-refractivity contribution is 7.09. The Balaban J connectivity index is 1.35. The highest BCUT2D eigenvalue weighted by Crippen LogP contribution is 2.27. The van der Waals surface area contributed by atoms with Crippen molar-refractivity contribution in [1.29, 1.82) is 0 Å². The number of nitrogens with zero attached hydrogens (tertiary/aromatic N) is 1. The van der Waals surface area contributed by atoms with Gasteiger partial charge < -0.3 is 15.4 Å². The van der Waals surface area contributed by atoms with E-state index in [0.717, 1.165) is 29.3 Å². The summed E-state index contributed by atoms with van der Waals surface area (Å²) in [5.41, 5.74) is 2.23. The van der Waals surface area contributed by atoms with E-state index in [1.807, 2.05) is 30.5 Å². The first kappa shape index (κ1) is 14.8. The van der Waals surface area contributed by atoms with Crippen LogP contribution in [0.1, 0.15) is 16.3 Å². The van der Waals surface area contributed by atoms with E-state index in [0.29, 0.717) is 13.1 Å². The lowest BCUT2D eigenvalue weighted by atomic mass is 10.1. The van der Waals surface area contributed by atoms with Crippen molar-refractivity contribution in [2.45, 2.75) is 25.9 Å². The van der Waals surface area contributed by atoms with Crippen molar-refractivity contribution in [1.82, 2.24) is 15.6 Å². The summed E-state index contributed by atoms with van der Waals surface area (Å²) in [7, 11) is 0. The monoisotopic (exact) mass is 317 g/mol. The predicted molar refractivity (Wildman–Crippen MR) is 86.5 cm³/mol. The Hall–Kier alpha value is -2.08. The summed E-state index contributed by atoms with van der Waals surface area (Å²) in [6.45, 7) is 3.07. The van der Waals surface area contributed by atoms with Gasteiger partial charge in [0.05, 0.1) is 17.2 Å². The molecule has 1 aliphatic rings. The van der Waals surface area contributed by atoms with Crippen molar-refractivity contribution < 1.29 is 9.53 Å². The number of aryl methyl sites for hydroxylation is 1. The minimum Gasteiger partial charge on any atom is -0.488 e. The minimum atomic E-state index is -0.161. The van der Waals surface area contributed by atoms with Gasteiger partial charge in [-0.2, -0.15) is 0 Å². The number of benzene rings is 1. The number of fused-ring (bicyclic) bond motifs is 1. The maximum absolute atomic E-state index is 11.8. The Morgan fingerprint density at radius 3 is 3.05 bits per heavy atom. The van der Waals surface area contributed by atoms with E-state index in [1.165, 1.54) is 5.56 Å². The van der Waals surface area contributed by atoms with Gasteiger partial charge in [0.1, 0.15) is 11.9 Å². The van der Waals surface area contributed by atoms with Gasteiger partial charge in [-0.1, -0.05) is 18.2 Å². The normalized spacial score (nSPS) is 16.0. The van der Waals surface area contributed by atoms with Crippen LogP contribution in [0.3, 0.4) is 0 Å². The Labute approximate surface area is 133 Å². The zero-order chi connectivity index (χ0) is 15.4. The van der Waals surface area contributed by atoms with Gasteiger partial charge in [0.15, 0.2) is 0 Å². The zero-order valence-electron chi connectivity index (χ0n) is 12.5. The fourth-order valence-electron chi connectivity index (χ4n) is 2.46. The first-order valence-corrected chi connectivity index (χ1v) is 8.26. The second kappa shape index (κ2) is 6.79. The molecule has 6 heteroatoms. The van der Waals surface area contributed by atoms with E-state index in [1.54, 1.807) is 11.3 Å². The Kier molecular flexibility index (Phi) is 4.58. The van der Waals surface area contributed by atoms with Crippen LogP contribution >= 0.6 is 11.3 Å². The number of carbonyl (C=O) groups is 1. The van der Waals surface area contributed by atoms with Crippen molar-refractivity contribution in [3.05, 3.63) is 45.9 Å². The quantitative estimate of drug-likeness (QED) is 0.889. The van der Waals surface area contributed by atoms with Crippen molar-refractivity contribution in [2.24, 2.45) is 0 Å². The second-order valence-electron chi connectivity index (χ2n) is 5.30. The summed E-state index contributed by atoms with van der Waals surface area (Å²) in [6, 6.07) is 7.83. The van der Waals surface area contributed by atoms with Gasteiger partial charge in [-0.3, -0.25) is 0 Å². The van der Waals surface area contributed by atoms with Crippen LogP contribution in [0.2, 0.25) is 0 Å². The lowest BCUT2D eigenvalue weighted by Crippen LogP contribution is -2.41. The topological polar surface area (TPSA) is 63.2 Å². The standard InChI is InChI=1S/C16H19N3O2S/c1-11-19-13(10-22-11)6-7-17-16(20)18-9-14-8-12-4-2-3-5-15(12)21-14/h2-5,10,14H,6-9H2,1H3,(H2,17,18,20)/t14-/m0/s1. The molecule has 1 aromatic heterocycles. The van der Waals surface area contributed by atoms with Crippen molar-refractivity contribution in [2.75, 3.05) is 13.1 Å². The number of carbonyl (C=O) groups excluding carboxylic acids is 1. The van der Waals surface area contributed by atoms with Crippen LogP contribution in [-0.4, -0.2) is 30.2 Å². The molecule has 5 nitrogen and oxygen atoms in total. The van der Waals surface area contributed by atoms with Crippen LogP contribution in [0.15, 0.2) is 29.6 Å². The number of rotatable bonds is 5. The minimum absolute atomic E-state index is 0.0179. The molecule has 0 radical (unpaired) electrons. The first-order chi connectivity index (χ1) is 10.7. The molecular weight excluding hydrogens is 298 g/mol. The Bertz CT molecular complexity index is 631. The van der Waals surface area contributed by atoms with Crippen LogP contribution < -0.4 is 15.4 Å². The number of ether oxygens (including phenoxy) is 1. The van der Waals surface area contributed by atoms with Crippen LogP contribution in [0.5, 0.6) is 5.75 Å². The molecule has 1 aromatic carbocycles. The van der Waals surface area contributed by atoms with E-state index in [9.17, 15) is 4.79 Å². The molecule has 2 aromatic rings. The fourth-order valence-corrected chi connectivity index (χ4v) is 3.11. The number of para-hydroxylation sites is 1. The smallest absolute Gasteiger partial charge is 0.314 e. The van der Waals surface area contributed by atoms with Gasteiger partial charge >= 0.3 is 6.03 Å². The molecule has 1 atom stereocenters. The molecule has 0 fully saturated rings. The van der Waals surface area contributed by atoms with Crippen molar-refractivity contribution >= 4 is 17.4 Å². The van der Waals surface area contributed by atoms with Crippen LogP contribution in [0.4, 0.5) is 4.79 Å². The molecule has 0 saturated heterocycles. The van der Waals surface area contributed by atoms with Gasteiger partial charge in [-0.25, -0.2) is 9.78 Å². The molecule has 0 aliphatic carbocycles. The van der Waals surface area contributed by atoms with Crippen molar-refractivity contribution in [3.63, 3.8) is 0 Å². The summed E-state index contributed by atoms with van der Waals surface area (Å²) < 4.78 is 5.78. The molecule has 116 valence electrons. The zero-order valence-corrected chi connectivity index (χ0v) is 13.3. The molecule has 0 saturated carbocycles. The third kappa shape index (κ3) is 3.76. The Morgan fingerprint density at radius 1 is 1.41 bits per heavy atom. The molecule has 3 rings (SSSR count). The van der Waals surface area contributed by atoms with Gasteiger partial charge in [-0.15, -0.1) is 11.3 Å². The average Bonchev–Trinajstić information content (AvgIpc) is 3.11. The van der Waals surface area contributed by atoms with Crippen molar-refractivity contribution in [3.8, 4) is 5.75 Å². The SMILES string of the molecule is Cc1nc(CCNC(=O)NC[C@@H]2Cc3ccccc3O2)cs1. The van der Waals surface area contributed by atoms with Gasteiger partial charge in [0.25, 0.3) is 0 Å². The van der Waals surface area contributed by atoms with E-state index in [2.05, 4.69) is 21.7 Å². The number of aromatic nitrogens is 1. The van der Waals surface area contributed by atoms with E-state index in [-0.39, 0.29) is 12.1 Å². The van der Waals surface area contributed by atoms with E-state index >= 15 is 0 Å². The van der Waals surface area contributed by atoms with Gasteiger partial charge in [-0.05, 0) is 18.6 Å².